The Balaban J connectivity index is 0.000000495. The lowest BCUT2D eigenvalue weighted by Gasteiger charge is -2.12. The van der Waals surface area contributed by atoms with Crippen LogP contribution in [0.3, 0.4) is 0 Å². The lowest BCUT2D eigenvalue weighted by molar-refractivity contribution is 1.47. The predicted octanol–water partition coefficient (Wildman–Crippen LogP) is 8.61. The molecule has 0 heterocycles. The summed E-state index contributed by atoms with van der Waals surface area (Å²) in [4.78, 5) is 0. The molecule has 5 aromatic carbocycles. The summed E-state index contributed by atoms with van der Waals surface area (Å²) < 4.78 is 0. The van der Waals surface area contributed by atoms with E-state index in [-0.39, 0.29) is 0 Å². The van der Waals surface area contributed by atoms with Gasteiger partial charge in [0.25, 0.3) is 0 Å². The average molecular weight is 353 g/mol. The van der Waals surface area contributed by atoms with E-state index in [4.69, 9.17) is 0 Å². The van der Waals surface area contributed by atoms with Crippen molar-refractivity contribution in [1.29, 1.82) is 0 Å². The minimum Gasteiger partial charge on any atom is -0.0683 e. The molecule has 136 valence electrons. The van der Waals surface area contributed by atoms with Gasteiger partial charge in [-0.05, 0) is 62.5 Å². The number of rotatable bonds is 1. The van der Waals surface area contributed by atoms with Gasteiger partial charge in [-0.3, -0.25) is 0 Å². The van der Waals surface area contributed by atoms with Gasteiger partial charge in [-0.15, -0.1) is 0 Å². The molecule has 0 saturated carbocycles. The van der Waals surface area contributed by atoms with Crippen molar-refractivity contribution in [2.75, 3.05) is 0 Å². The molecule has 0 saturated heterocycles. The third kappa shape index (κ3) is 3.40. The van der Waals surface area contributed by atoms with Gasteiger partial charge in [0.15, 0.2) is 0 Å². The highest BCUT2D eigenvalue weighted by Crippen LogP contribution is 2.37. The second-order valence-corrected chi connectivity index (χ2v) is 6.37. The van der Waals surface area contributed by atoms with Crippen LogP contribution in [-0.4, -0.2) is 0 Å². The molecular formula is C27H28. The molecule has 0 aliphatic heterocycles. The zero-order valence-corrected chi connectivity index (χ0v) is 17.0. The first-order chi connectivity index (χ1) is 13.3. The highest BCUT2D eigenvalue weighted by Gasteiger charge is 2.09. The summed E-state index contributed by atoms with van der Waals surface area (Å²) >= 11 is 0. The van der Waals surface area contributed by atoms with Crippen LogP contribution >= 0.6 is 0 Å². The van der Waals surface area contributed by atoms with E-state index in [0.29, 0.717) is 0 Å². The van der Waals surface area contributed by atoms with E-state index in [9.17, 15) is 0 Å². The summed E-state index contributed by atoms with van der Waals surface area (Å²) in [5.41, 5.74) is 3.86. The second-order valence-electron chi connectivity index (χ2n) is 6.37. The molecule has 0 unspecified atom stereocenters. The average Bonchev–Trinajstić information content (AvgIpc) is 2.75. The van der Waals surface area contributed by atoms with Gasteiger partial charge < -0.3 is 0 Å². The van der Waals surface area contributed by atoms with Crippen LogP contribution in [0.2, 0.25) is 0 Å². The van der Waals surface area contributed by atoms with E-state index in [2.05, 4.69) is 85.8 Å². The molecular weight excluding hydrogens is 324 g/mol. The van der Waals surface area contributed by atoms with Crippen LogP contribution in [0.15, 0.2) is 78.9 Å². The van der Waals surface area contributed by atoms with E-state index >= 15 is 0 Å². The van der Waals surface area contributed by atoms with E-state index in [1.165, 1.54) is 49.0 Å². The summed E-state index contributed by atoms with van der Waals surface area (Å²) in [5, 5.41) is 8.06. The zero-order valence-electron chi connectivity index (χ0n) is 17.0. The Labute approximate surface area is 162 Å². The van der Waals surface area contributed by atoms with Crippen molar-refractivity contribution in [1.82, 2.24) is 0 Å². The van der Waals surface area contributed by atoms with E-state index in [1.807, 2.05) is 27.7 Å². The van der Waals surface area contributed by atoms with Gasteiger partial charge >= 0.3 is 0 Å². The molecule has 5 aromatic rings. The highest BCUT2D eigenvalue weighted by molar-refractivity contribution is 6.23. The first kappa shape index (κ1) is 18.9. The van der Waals surface area contributed by atoms with Crippen LogP contribution in [0, 0.1) is 6.92 Å². The lowest BCUT2D eigenvalue weighted by atomic mass is 9.91. The quantitative estimate of drug-likeness (QED) is 0.265. The van der Waals surface area contributed by atoms with Crippen molar-refractivity contribution in [3.8, 4) is 11.1 Å². The zero-order chi connectivity index (χ0) is 19.4. The maximum absolute atomic E-state index is 2.32. The Morgan fingerprint density at radius 1 is 0.444 bits per heavy atom. The molecule has 0 N–H and O–H groups in total. The molecule has 0 atom stereocenters. The topological polar surface area (TPSA) is 0 Å². The van der Waals surface area contributed by atoms with Crippen LogP contribution in [0.4, 0.5) is 0 Å². The SMILES string of the molecule is CC.CC.Cc1ccc(-c2cc3ccc4cccc5ccc(c2)c3c45)cc1. The van der Waals surface area contributed by atoms with Gasteiger partial charge in [-0.25, -0.2) is 0 Å². The molecule has 0 heteroatoms. The van der Waals surface area contributed by atoms with E-state index in [0.717, 1.165) is 0 Å². The maximum atomic E-state index is 2.32. The minimum absolute atomic E-state index is 1.28. The van der Waals surface area contributed by atoms with Crippen LogP contribution < -0.4 is 0 Å². The van der Waals surface area contributed by atoms with Crippen LogP contribution in [0.25, 0.3) is 43.4 Å². The second kappa shape index (κ2) is 8.22. The Morgan fingerprint density at radius 2 is 0.889 bits per heavy atom. The number of hydrogen-bond donors (Lipinski definition) is 0. The summed E-state index contributed by atoms with van der Waals surface area (Å²) in [6, 6.07) is 28.9. The molecule has 0 aromatic heterocycles. The summed E-state index contributed by atoms with van der Waals surface area (Å²) in [7, 11) is 0. The predicted molar refractivity (Wildman–Crippen MR) is 123 cm³/mol. The Hall–Kier alpha value is -2.86. The van der Waals surface area contributed by atoms with Crippen LogP contribution in [-0.2, 0) is 0 Å². The largest absolute Gasteiger partial charge is 0.0683 e. The van der Waals surface area contributed by atoms with Crippen molar-refractivity contribution in [3.63, 3.8) is 0 Å². The minimum atomic E-state index is 1.28. The summed E-state index contributed by atoms with van der Waals surface area (Å²) in [5.74, 6) is 0. The number of hydrogen-bond acceptors (Lipinski definition) is 0. The fourth-order valence-electron chi connectivity index (χ4n) is 3.67. The van der Waals surface area contributed by atoms with Gasteiger partial charge in [0.2, 0.25) is 0 Å². The van der Waals surface area contributed by atoms with Crippen LogP contribution in [0.1, 0.15) is 33.3 Å². The Kier molecular flexibility index (Phi) is 5.76. The smallest absolute Gasteiger partial charge is 0.00264 e. The number of benzene rings is 5. The van der Waals surface area contributed by atoms with E-state index in [1.54, 1.807) is 0 Å². The Morgan fingerprint density at radius 3 is 1.41 bits per heavy atom. The summed E-state index contributed by atoms with van der Waals surface area (Å²) in [6.07, 6.45) is 0. The van der Waals surface area contributed by atoms with Gasteiger partial charge in [0.1, 0.15) is 0 Å². The lowest BCUT2D eigenvalue weighted by Crippen LogP contribution is -1.86. The van der Waals surface area contributed by atoms with Gasteiger partial charge in [-0.1, -0.05) is 100.0 Å². The monoisotopic (exact) mass is 352 g/mol. The van der Waals surface area contributed by atoms with Gasteiger partial charge in [0, 0.05) is 0 Å². The first-order valence-electron chi connectivity index (χ1n) is 10.0. The van der Waals surface area contributed by atoms with Crippen LogP contribution in [0.5, 0.6) is 0 Å². The molecule has 0 aliphatic rings. The third-order valence-corrected chi connectivity index (χ3v) is 4.85. The van der Waals surface area contributed by atoms with Gasteiger partial charge in [0.05, 0.1) is 0 Å². The molecule has 5 rings (SSSR count). The van der Waals surface area contributed by atoms with Crippen molar-refractivity contribution in [2.24, 2.45) is 0 Å². The third-order valence-electron chi connectivity index (χ3n) is 4.85. The molecule has 0 amide bonds. The Bertz CT molecular complexity index is 1080. The van der Waals surface area contributed by atoms with Crippen molar-refractivity contribution in [3.05, 3.63) is 84.4 Å². The molecule has 0 aliphatic carbocycles. The van der Waals surface area contributed by atoms with Crippen molar-refractivity contribution in [2.45, 2.75) is 34.6 Å². The molecule has 0 bridgehead atoms. The summed E-state index contributed by atoms with van der Waals surface area (Å²) in [6.45, 7) is 10.1. The molecule has 0 fully saturated rings. The first-order valence-corrected chi connectivity index (χ1v) is 10.0. The maximum Gasteiger partial charge on any atom is -0.00264 e. The fourth-order valence-corrected chi connectivity index (χ4v) is 3.67. The highest BCUT2D eigenvalue weighted by atomic mass is 14.1. The number of aryl methyl sites for hydroxylation is 1. The van der Waals surface area contributed by atoms with E-state index < -0.39 is 0 Å². The van der Waals surface area contributed by atoms with Crippen molar-refractivity contribution >= 4 is 32.3 Å². The fraction of sp³-hybridized carbons (Fsp3) is 0.185. The standard InChI is InChI=1S/C23H16.2C2H6/c1-15-5-7-16(8-6-15)21-13-19-11-9-17-3-2-4-18-10-12-20(14-21)23(19)22(17)18;2*1-2/h2-14H,1H3;2*1-2H3. The molecule has 0 spiro atoms. The molecule has 0 nitrogen and oxygen atoms in total. The molecule has 0 radical (unpaired) electrons. The normalized spacial score (nSPS) is 10.4. The van der Waals surface area contributed by atoms with Gasteiger partial charge in [-0.2, -0.15) is 0 Å². The molecule has 27 heavy (non-hydrogen) atoms. The van der Waals surface area contributed by atoms with Crippen molar-refractivity contribution < 1.29 is 0 Å².